The highest BCUT2D eigenvalue weighted by atomic mass is 35.5. The molecule has 0 saturated carbocycles. The van der Waals surface area contributed by atoms with E-state index < -0.39 is 11.9 Å². The SMILES string of the molecule is COc1ccc(NC(=O)Cn2c3ccc(Cl)cc3c3ccc([C@H](C)C(=O)O)cc32)cc1. The van der Waals surface area contributed by atoms with Crippen molar-refractivity contribution in [2.75, 3.05) is 12.4 Å². The number of nitrogens with one attached hydrogen (secondary N) is 1. The van der Waals surface area contributed by atoms with Gasteiger partial charge in [-0.3, -0.25) is 9.59 Å². The third kappa shape index (κ3) is 4.07. The Morgan fingerprint density at radius 2 is 1.77 bits per heavy atom. The van der Waals surface area contributed by atoms with Crippen LogP contribution in [0.1, 0.15) is 18.4 Å². The van der Waals surface area contributed by atoms with Gasteiger partial charge >= 0.3 is 5.97 Å². The van der Waals surface area contributed by atoms with Gasteiger partial charge in [-0.05, 0) is 61.0 Å². The van der Waals surface area contributed by atoms with Crippen molar-refractivity contribution in [1.29, 1.82) is 0 Å². The lowest BCUT2D eigenvalue weighted by Gasteiger charge is -2.11. The van der Waals surface area contributed by atoms with Crippen molar-refractivity contribution in [2.45, 2.75) is 19.4 Å². The number of nitrogens with zero attached hydrogens (tertiary/aromatic N) is 1. The molecule has 0 aliphatic heterocycles. The van der Waals surface area contributed by atoms with Crippen LogP contribution in [0.15, 0.2) is 60.7 Å². The van der Waals surface area contributed by atoms with Gasteiger partial charge in [0, 0.05) is 32.5 Å². The number of carbonyl (C=O) groups excluding carboxylic acids is 1. The van der Waals surface area contributed by atoms with Crippen LogP contribution in [0.5, 0.6) is 5.75 Å². The third-order valence-corrected chi connectivity index (χ3v) is 5.63. The Morgan fingerprint density at radius 1 is 1.03 bits per heavy atom. The molecule has 4 rings (SSSR count). The zero-order valence-electron chi connectivity index (χ0n) is 17.1. The number of aliphatic carboxylic acids is 1. The summed E-state index contributed by atoms with van der Waals surface area (Å²) in [7, 11) is 1.58. The van der Waals surface area contributed by atoms with Crippen LogP contribution in [-0.2, 0) is 16.1 Å². The van der Waals surface area contributed by atoms with Crippen LogP contribution >= 0.6 is 11.6 Å². The lowest BCUT2D eigenvalue weighted by Crippen LogP contribution is -2.18. The molecular weight excluding hydrogens is 416 g/mol. The summed E-state index contributed by atoms with van der Waals surface area (Å²) >= 11 is 6.21. The summed E-state index contributed by atoms with van der Waals surface area (Å²) in [6.07, 6.45) is 0. The van der Waals surface area contributed by atoms with Crippen LogP contribution in [-0.4, -0.2) is 28.7 Å². The number of rotatable bonds is 6. The van der Waals surface area contributed by atoms with Crippen molar-refractivity contribution in [3.05, 3.63) is 71.2 Å². The number of carboxylic acid groups (broad SMARTS) is 1. The largest absolute Gasteiger partial charge is 0.497 e. The molecule has 0 bridgehead atoms. The maximum absolute atomic E-state index is 12.8. The molecule has 0 aliphatic carbocycles. The molecule has 0 aliphatic rings. The normalized spacial score (nSPS) is 12.1. The highest BCUT2D eigenvalue weighted by molar-refractivity contribution is 6.32. The van der Waals surface area contributed by atoms with Crippen LogP contribution in [0.25, 0.3) is 21.8 Å². The molecule has 0 radical (unpaired) electrons. The van der Waals surface area contributed by atoms with Gasteiger partial charge in [0.05, 0.1) is 13.0 Å². The second-order valence-electron chi connectivity index (χ2n) is 7.36. The smallest absolute Gasteiger partial charge is 0.310 e. The Balaban J connectivity index is 1.75. The minimum absolute atomic E-state index is 0.0680. The second kappa shape index (κ2) is 8.32. The molecule has 1 atom stereocenters. The van der Waals surface area contributed by atoms with Crippen molar-refractivity contribution >= 4 is 51.0 Å². The van der Waals surface area contributed by atoms with Gasteiger partial charge in [-0.1, -0.05) is 23.7 Å². The Kier molecular flexibility index (Phi) is 5.57. The maximum atomic E-state index is 12.8. The van der Waals surface area contributed by atoms with Crippen LogP contribution < -0.4 is 10.1 Å². The molecule has 1 heterocycles. The number of fused-ring (bicyclic) bond motifs is 3. The summed E-state index contributed by atoms with van der Waals surface area (Å²) in [5.74, 6) is -1.05. The number of amides is 1. The van der Waals surface area contributed by atoms with E-state index in [0.717, 1.165) is 21.8 Å². The summed E-state index contributed by atoms with van der Waals surface area (Å²) in [4.78, 5) is 24.3. The van der Waals surface area contributed by atoms with Crippen LogP contribution in [0.4, 0.5) is 5.69 Å². The van der Waals surface area contributed by atoms with Crippen molar-refractivity contribution in [3.8, 4) is 5.75 Å². The van der Waals surface area contributed by atoms with Crippen molar-refractivity contribution < 1.29 is 19.4 Å². The Bertz CT molecular complexity index is 1290. The molecule has 31 heavy (non-hydrogen) atoms. The molecule has 158 valence electrons. The minimum atomic E-state index is -0.901. The molecule has 7 heteroatoms. The molecular formula is C24H21ClN2O4. The highest BCUT2D eigenvalue weighted by Crippen LogP contribution is 2.33. The van der Waals surface area contributed by atoms with E-state index in [9.17, 15) is 14.7 Å². The third-order valence-electron chi connectivity index (χ3n) is 5.40. The fourth-order valence-corrected chi connectivity index (χ4v) is 3.86. The molecule has 0 fully saturated rings. The number of anilines is 1. The molecule has 4 aromatic rings. The van der Waals surface area contributed by atoms with E-state index in [1.165, 1.54) is 0 Å². The van der Waals surface area contributed by atoms with E-state index in [-0.39, 0.29) is 12.5 Å². The highest BCUT2D eigenvalue weighted by Gasteiger charge is 2.18. The first kappa shape index (κ1) is 20.8. The summed E-state index contributed by atoms with van der Waals surface area (Å²) in [6.45, 7) is 1.71. The van der Waals surface area contributed by atoms with Crippen molar-refractivity contribution in [2.24, 2.45) is 0 Å². The maximum Gasteiger partial charge on any atom is 0.310 e. The average Bonchev–Trinajstić information content (AvgIpc) is 3.05. The number of ether oxygens (including phenoxy) is 1. The number of methoxy groups -OCH3 is 1. The van der Waals surface area contributed by atoms with Gasteiger partial charge in [-0.2, -0.15) is 0 Å². The van der Waals surface area contributed by atoms with Crippen molar-refractivity contribution in [1.82, 2.24) is 4.57 Å². The Morgan fingerprint density at radius 3 is 2.45 bits per heavy atom. The minimum Gasteiger partial charge on any atom is -0.497 e. The fraction of sp³-hybridized carbons (Fsp3) is 0.167. The first-order valence-corrected chi connectivity index (χ1v) is 10.1. The molecule has 1 aromatic heterocycles. The molecule has 2 N–H and O–H groups in total. The Hall–Kier alpha value is -3.51. The average molecular weight is 437 g/mol. The first-order chi connectivity index (χ1) is 14.9. The number of hydrogen-bond donors (Lipinski definition) is 2. The summed E-state index contributed by atoms with van der Waals surface area (Å²) < 4.78 is 7.03. The topological polar surface area (TPSA) is 80.6 Å². The molecule has 3 aromatic carbocycles. The fourth-order valence-electron chi connectivity index (χ4n) is 3.69. The molecule has 1 amide bonds. The van der Waals surface area contributed by atoms with E-state index in [4.69, 9.17) is 16.3 Å². The van der Waals surface area contributed by atoms with Gasteiger partial charge in [0.25, 0.3) is 0 Å². The zero-order chi connectivity index (χ0) is 22.1. The van der Waals surface area contributed by atoms with Gasteiger partial charge in [0.1, 0.15) is 12.3 Å². The van der Waals surface area contributed by atoms with Gasteiger partial charge < -0.3 is 19.7 Å². The molecule has 0 unspecified atom stereocenters. The standard InChI is InChI=1S/C24H21ClN2O4/c1-14(24(29)30)15-3-9-19-20-12-16(25)4-10-21(20)27(22(19)11-15)13-23(28)26-17-5-7-18(31-2)8-6-17/h3-12,14H,13H2,1-2H3,(H,26,28)(H,29,30)/t14-/m0/s1. The monoisotopic (exact) mass is 436 g/mol. The predicted molar refractivity (Wildman–Crippen MR) is 122 cm³/mol. The molecule has 0 spiro atoms. The zero-order valence-corrected chi connectivity index (χ0v) is 17.8. The van der Waals surface area contributed by atoms with Gasteiger partial charge in [-0.15, -0.1) is 0 Å². The summed E-state index contributed by atoms with van der Waals surface area (Å²) in [6, 6.07) is 18.1. The lowest BCUT2D eigenvalue weighted by molar-refractivity contribution is -0.138. The summed E-state index contributed by atoms with van der Waals surface area (Å²) in [5.41, 5.74) is 2.97. The molecule has 6 nitrogen and oxygen atoms in total. The van der Waals surface area contributed by atoms with E-state index in [1.54, 1.807) is 44.4 Å². The number of aromatic nitrogens is 1. The van der Waals surface area contributed by atoms with E-state index in [1.807, 2.05) is 34.9 Å². The van der Waals surface area contributed by atoms with Gasteiger partial charge in [0.15, 0.2) is 0 Å². The number of benzene rings is 3. The quantitative estimate of drug-likeness (QED) is 0.430. The number of carbonyl (C=O) groups is 2. The number of halogens is 1. The Labute approximate surface area is 184 Å². The predicted octanol–water partition coefficient (Wildman–Crippen LogP) is 5.28. The van der Waals surface area contributed by atoms with Crippen molar-refractivity contribution in [3.63, 3.8) is 0 Å². The van der Waals surface area contributed by atoms with E-state index >= 15 is 0 Å². The van der Waals surface area contributed by atoms with Gasteiger partial charge in [-0.25, -0.2) is 0 Å². The number of hydrogen-bond acceptors (Lipinski definition) is 3. The van der Waals surface area contributed by atoms with E-state index in [0.29, 0.717) is 22.0 Å². The summed E-state index contributed by atoms with van der Waals surface area (Å²) in [5, 5.41) is 14.7. The molecule has 0 saturated heterocycles. The first-order valence-electron chi connectivity index (χ1n) is 9.75. The number of carboxylic acids is 1. The van der Waals surface area contributed by atoms with Crippen LogP contribution in [0.2, 0.25) is 5.02 Å². The van der Waals surface area contributed by atoms with Crippen LogP contribution in [0, 0.1) is 0 Å². The second-order valence-corrected chi connectivity index (χ2v) is 7.80. The van der Waals surface area contributed by atoms with Gasteiger partial charge in [0.2, 0.25) is 5.91 Å². The lowest BCUT2D eigenvalue weighted by atomic mass is 10.00. The van der Waals surface area contributed by atoms with Crippen LogP contribution in [0.3, 0.4) is 0 Å². The van der Waals surface area contributed by atoms with E-state index in [2.05, 4.69) is 5.32 Å².